The van der Waals surface area contributed by atoms with Crippen LogP contribution in [-0.4, -0.2) is 28.7 Å². The third-order valence-electron chi connectivity index (χ3n) is 3.47. The van der Waals surface area contributed by atoms with Gasteiger partial charge >= 0.3 is 0 Å². The summed E-state index contributed by atoms with van der Waals surface area (Å²) in [5.74, 6) is 1.40. The molecular formula is C16H16N2O2S. The largest absolute Gasteiger partial charge is 0.497 e. The van der Waals surface area contributed by atoms with E-state index in [0.717, 1.165) is 10.8 Å². The number of hydrogen-bond donors (Lipinski definition) is 0. The lowest BCUT2D eigenvalue weighted by atomic mass is 10.1. The second-order valence-corrected chi connectivity index (χ2v) is 5.84. The van der Waals surface area contributed by atoms with Crippen LogP contribution in [0.2, 0.25) is 0 Å². The normalized spacial score (nSPS) is 13.1. The molecule has 2 heterocycles. The Kier molecular flexibility index (Phi) is 4.10. The van der Waals surface area contributed by atoms with Gasteiger partial charge in [-0.15, -0.1) is 0 Å². The lowest BCUT2D eigenvalue weighted by Crippen LogP contribution is -2.26. The van der Waals surface area contributed by atoms with Gasteiger partial charge in [0.25, 0.3) is 0 Å². The Hall–Kier alpha value is -2.01. The molecule has 1 aromatic carbocycles. The van der Waals surface area contributed by atoms with E-state index in [9.17, 15) is 4.79 Å². The van der Waals surface area contributed by atoms with Crippen LogP contribution in [-0.2, 0) is 17.9 Å². The van der Waals surface area contributed by atoms with Gasteiger partial charge in [-0.05, 0) is 35.4 Å². The lowest BCUT2D eigenvalue weighted by molar-refractivity contribution is -0.128. The molecule has 0 spiro atoms. The summed E-state index contributed by atoms with van der Waals surface area (Å²) >= 11 is 1.47. The van der Waals surface area contributed by atoms with E-state index in [4.69, 9.17) is 4.74 Å². The van der Waals surface area contributed by atoms with E-state index >= 15 is 0 Å². The fraction of sp³-hybridized carbons (Fsp3) is 0.250. The third-order valence-corrected chi connectivity index (χ3v) is 4.40. The van der Waals surface area contributed by atoms with Crippen LogP contribution < -0.4 is 4.74 Å². The molecule has 0 saturated carbocycles. The van der Waals surface area contributed by atoms with Gasteiger partial charge in [0.05, 0.1) is 17.9 Å². The minimum Gasteiger partial charge on any atom is -0.497 e. The van der Waals surface area contributed by atoms with Crippen molar-refractivity contribution in [2.45, 2.75) is 18.1 Å². The summed E-state index contributed by atoms with van der Waals surface area (Å²) in [7, 11) is 1.66. The predicted octanol–water partition coefficient (Wildman–Crippen LogP) is 2.72. The van der Waals surface area contributed by atoms with Crippen molar-refractivity contribution in [3.63, 3.8) is 0 Å². The molecule has 3 rings (SSSR count). The fourth-order valence-electron chi connectivity index (χ4n) is 2.33. The number of methoxy groups -OCH3 is 1. The van der Waals surface area contributed by atoms with E-state index in [0.29, 0.717) is 18.8 Å². The van der Waals surface area contributed by atoms with Gasteiger partial charge in [0, 0.05) is 19.3 Å². The molecule has 5 heteroatoms. The summed E-state index contributed by atoms with van der Waals surface area (Å²) in [6.07, 6.45) is 1.74. The van der Waals surface area contributed by atoms with Crippen LogP contribution in [0.15, 0.2) is 47.6 Å². The highest BCUT2D eigenvalue weighted by Crippen LogP contribution is 2.27. The number of carbonyl (C=O) groups excluding carboxylic acids is 1. The van der Waals surface area contributed by atoms with E-state index in [2.05, 4.69) is 4.98 Å². The first kappa shape index (κ1) is 13.9. The minimum absolute atomic E-state index is 0.140. The molecule has 108 valence electrons. The molecule has 0 fully saturated rings. The van der Waals surface area contributed by atoms with Gasteiger partial charge in [-0.1, -0.05) is 23.9 Å². The first-order valence-electron chi connectivity index (χ1n) is 6.73. The van der Waals surface area contributed by atoms with Gasteiger partial charge < -0.3 is 9.64 Å². The molecule has 1 aliphatic rings. The maximum Gasteiger partial charge on any atom is 0.233 e. The van der Waals surface area contributed by atoms with Gasteiger partial charge in [-0.25, -0.2) is 4.98 Å². The molecule has 2 aromatic rings. The molecule has 1 amide bonds. The van der Waals surface area contributed by atoms with Crippen molar-refractivity contribution in [1.29, 1.82) is 0 Å². The van der Waals surface area contributed by atoms with Crippen LogP contribution in [0.3, 0.4) is 0 Å². The Balaban J connectivity index is 1.60. The monoisotopic (exact) mass is 300 g/mol. The SMILES string of the molecule is COc1ccc2c(c1)CN(C(=O)CSc1ccccn1)C2. The Morgan fingerprint density at radius 3 is 2.90 bits per heavy atom. The highest BCUT2D eigenvalue weighted by atomic mass is 32.2. The number of nitrogens with zero attached hydrogens (tertiary/aromatic N) is 2. The third kappa shape index (κ3) is 3.19. The number of benzene rings is 1. The summed E-state index contributed by atoms with van der Waals surface area (Å²) in [5, 5.41) is 0.879. The highest BCUT2D eigenvalue weighted by Gasteiger charge is 2.23. The zero-order valence-corrected chi connectivity index (χ0v) is 12.6. The van der Waals surface area contributed by atoms with Crippen LogP contribution in [0.1, 0.15) is 11.1 Å². The van der Waals surface area contributed by atoms with E-state index in [-0.39, 0.29) is 5.91 Å². The Morgan fingerprint density at radius 1 is 1.29 bits per heavy atom. The molecule has 4 nitrogen and oxygen atoms in total. The first-order valence-corrected chi connectivity index (χ1v) is 7.72. The molecule has 0 N–H and O–H groups in total. The second kappa shape index (κ2) is 6.18. The van der Waals surface area contributed by atoms with Crippen molar-refractivity contribution in [2.75, 3.05) is 12.9 Å². The number of rotatable bonds is 4. The van der Waals surface area contributed by atoms with Crippen molar-refractivity contribution in [3.05, 3.63) is 53.7 Å². The van der Waals surface area contributed by atoms with Crippen molar-refractivity contribution in [3.8, 4) is 5.75 Å². The van der Waals surface area contributed by atoms with Gasteiger partial charge in [-0.2, -0.15) is 0 Å². The van der Waals surface area contributed by atoms with Crippen LogP contribution in [0.25, 0.3) is 0 Å². The van der Waals surface area contributed by atoms with Crippen molar-refractivity contribution in [1.82, 2.24) is 9.88 Å². The molecule has 0 bridgehead atoms. The summed E-state index contributed by atoms with van der Waals surface area (Å²) in [4.78, 5) is 18.4. The van der Waals surface area contributed by atoms with Gasteiger partial charge in [0.1, 0.15) is 5.75 Å². The smallest absolute Gasteiger partial charge is 0.233 e. The highest BCUT2D eigenvalue weighted by molar-refractivity contribution is 7.99. The molecule has 0 unspecified atom stereocenters. The van der Waals surface area contributed by atoms with Gasteiger partial charge in [-0.3, -0.25) is 4.79 Å². The maximum atomic E-state index is 12.3. The molecule has 1 aliphatic heterocycles. The van der Waals surface area contributed by atoms with Gasteiger partial charge in [0.2, 0.25) is 5.91 Å². The number of carbonyl (C=O) groups is 1. The number of hydrogen-bond acceptors (Lipinski definition) is 4. The minimum atomic E-state index is 0.140. The summed E-state index contributed by atoms with van der Waals surface area (Å²) in [6.45, 7) is 1.34. The molecule has 1 aromatic heterocycles. The lowest BCUT2D eigenvalue weighted by Gasteiger charge is -2.14. The van der Waals surface area contributed by atoms with Crippen molar-refractivity contribution in [2.24, 2.45) is 0 Å². The number of ether oxygens (including phenoxy) is 1. The molecule has 0 aliphatic carbocycles. The second-order valence-electron chi connectivity index (χ2n) is 4.84. The zero-order valence-electron chi connectivity index (χ0n) is 11.8. The van der Waals surface area contributed by atoms with Gasteiger partial charge in [0.15, 0.2) is 0 Å². The first-order chi connectivity index (χ1) is 10.3. The van der Waals surface area contributed by atoms with Crippen LogP contribution in [0, 0.1) is 0 Å². The Morgan fingerprint density at radius 2 is 2.14 bits per heavy atom. The number of fused-ring (bicyclic) bond motifs is 1. The average molecular weight is 300 g/mol. The van der Waals surface area contributed by atoms with Crippen LogP contribution in [0.4, 0.5) is 0 Å². The zero-order chi connectivity index (χ0) is 14.7. The van der Waals surface area contributed by atoms with E-state index in [1.165, 1.54) is 22.9 Å². The summed E-state index contributed by atoms with van der Waals surface area (Å²) in [5.41, 5.74) is 2.37. The molecule has 0 saturated heterocycles. The predicted molar refractivity (Wildman–Crippen MR) is 82.2 cm³/mol. The molecule has 0 atom stereocenters. The van der Waals surface area contributed by atoms with Crippen LogP contribution in [0.5, 0.6) is 5.75 Å². The summed E-state index contributed by atoms with van der Waals surface area (Å²) in [6, 6.07) is 11.7. The number of aromatic nitrogens is 1. The molecular weight excluding hydrogens is 284 g/mol. The van der Waals surface area contributed by atoms with E-state index in [1.54, 1.807) is 13.3 Å². The van der Waals surface area contributed by atoms with Crippen molar-refractivity contribution < 1.29 is 9.53 Å². The Labute approximate surface area is 128 Å². The topological polar surface area (TPSA) is 42.4 Å². The quantitative estimate of drug-likeness (QED) is 0.814. The van der Waals surface area contributed by atoms with Crippen LogP contribution >= 0.6 is 11.8 Å². The van der Waals surface area contributed by atoms with E-state index < -0.39 is 0 Å². The molecule has 21 heavy (non-hydrogen) atoms. The molecule has 0 radical (unpaired) electrons. The van der Waals surface area contributed by atoms with E-state index in [1.807, 2.05) is 41.3 Å². The summed E-state index contributed by atoms with van der Waals surface area (Å²) < 4.78 is 5.22. The number of amides is 1. The number of thioether (sulfide) groups is 1. The standard InChI is InChI=1S/C16H16N2O2S/c1-20-14-6-5-12-9-18(10-13(12)8-14)16(19)11-21-15-4-2-3-7-17-15/h2-8H,9-11H2,1H3. The van der Waals surface area contributed by atoms with Crippen molar-refractivity contribution >= 4 is 17.7 Å². The number of pyridine rings is 1. The Bertz CT molecular complexity index is 646. The average Bonchev–Trinajstić information content (AvgIpc) is 2.96. The maximum absolute atomic E-state index is 12.3. The fourth-order valence-corrected chi connectivity index (χ4v) is 3.10.